The largest absolute Gasteiger partial charge is 0.384 e. The number of pyridine rings is 2. The summed E-state index contributed by atoms with van der Waals surface area (Å²) in [4.78, 5) is 8.97. The van der Waals surface area contributed by atoms with Crippen molar-refractivity contribution in [2.45, 2.75) is 51.0 Å². The number of hydrogen-bond donors (Lipinski definition) is 2. The first kappa shape index (κ1) is 21.7. The number of anilines is 2. The van der Waals surface area contributed by atoms with E-state index in [4.69, 9.17) is 11.6 Å². The molecule has 2 fully saturated rings. The van der Waals surface area contributed by atoms with Crippen molar-refractivity contribution in [3.05, 3.63) is 35.7 Å². The fraction of sp³-hybridized carbons (Fsp3) is 0.565. The van der Waals surface area contributed by atoms with Crippen LogP contribution in [0.1, 0.15) is 44.9 Å². The Bertz CT molecular complexity index is 819. The fourth-order valence-electron chi connectivity index (χ4n) is 4.44. The Balaban J connectivity index is 1.40. The van der Waals surface area contributed by atoms with E-state index in [9.17, 15) is 0 Å². The molecular weight excluding hydrogens is 414 g/mol. The maximum atomic E-state index is 6.51. The van der Waals surface area contributed by atoms with Gasteiger partial charge in [0.2, 0.25) is 0 Å². The van der Waals surface area contributed by atoms with Gasteiger partial charge in [-0.25, -0.2) is 4.98 Å². The van der Waals surface area contributed by atoms with Gasteiger partial charge < -0.3 is 10.6 Å². The van der Waals surface area contributed by atoms with Gasteiger partial charge in [-0.3, -0.25) is 9.29 Å². The standard InChI is InChI=1S/C23H32ClN5S/c1-30-29-9-7-17(8-10-29)13-26-20-11-18(14-25-15-20)21-12-23(27-16-22(21)24)28-19-5-3-2-4-6-19/h11-12,14-17,19,26H,2-10,13H2,1H3,(H,27,28). The van der Waals surface area contributed by atoms with Gasteiger partial charge in [-0.1, -0.05) is 42.8 Å². The van der Waals surface area contributed by atoms with Gasteiger partial charge in [0.1, 0.15) is 5.82 Å². The zero-order valence-corrected chi connectivity index (χ0v) is 19.3. The van der Waals surface area contributed by atoms with Crippen LogP contribution in [0, 0.1) is 5.92 Å². The van der Waals surface area contributed by atoms with E-state index in [1.54, 1.807) is 6.20 Å². The van der Waals surface area contributed by atoms with Crippen LogP contribution in [-0.4, -0.2) is 46.2 Å². The van der Waals surface area contributed by atoms with Gasteiger partial charge in [0.25, 0.3) is 0 Å². The van der Waals surface area contributed by atoms with Gasteiger partial charge in [0.15, 0.2) is 0 Å². The number of rotatable bonds is 7. The monoisotopic (exact) mass is 445 g/mol. The van der Waals surface area contributed by atoms with Crippen LogP contribution in [0.15, 0.2) is 30.7 Å². The number of halogens is 1. The minimum Gasteiger partial charge on any atom is -0.384 e. The Morgan fingerprint density at radius 3 is 2.63 bits per heavy atom. The molecule has 0 atom stereocenters. The molecule has 2 aliphatic rings. The van der Waals surface area contributed by atoms with E-state index >= 15 is 0 Å². The molecule has 2 N–H and O–H groups in total. The summed E-state index contributed by atoms with van der Waals surface area (Å²) >= 11 is 8.36. The fourth-order valence-corrected chi connectivity index (χ4v) is 5.23. The quantitative estimate of drug-likeness (QED) is 0.514. The number of nitrogens with zero attached hydrogens (tertiary/aromatic N) is 3. The smallest absolute Gasteiger partial charge is 0.126 e. The topological polar surface area (TPSA) is 53.1 Å². The van der Waals surface area contributed by atoms with Crippen molar-refractivity contribution in [2.75, 3.05) is 36.5 Å². The highest BCUT2D eigenvalue weighted by atomic mass is 35.5. The number of piperidine rings is 1. The van der Waals surface area contributed by atoms with E-state index in [1.807, 2.05) is 24.3 Å². The molecular formula is C23H32ClN5S. The van der Waals surface area contributed by atoms with Crippen LogP contribution >= 0.6 is 23.5 Å². The first-order valence-corrected chi connectivity index (χ1v) is 12.7. The zero-order chi connectivity index (χ0) is 20.8. The summed E-state index contributed by atoms with van der Waals surface area (Å²) in [5, 5.41) is 7.85. The summed E-state index contributed by atoms with van der Waals surface area (Å²) in [6.07, 6.45) is 16.6. The van der Waals surface area contributed by atoms with Crippen LogP contribution in [-0.2, 0) is 0 Å². The van der Waals surface area contributed by atoms with Crippen LogP contribution in [0.3, 0.4) is 0 Å². The van der Waals surface area contributed by atoms with Crippen LogP contribution in [0.2, 0.25) is 5.02 Å². The lowest BCUT2D eigenvalue weighted by Crippen LogP contribution is -2.31. The molecule has 162 valence electrons. The molecule has 2 aromatic rings. The van der Waals surface area contributed by atoms with Gasteiger partial charge in [0.05, 0.1) is 10.7 Å². The van der Waals surface area contributed by atoms with Crippen LogP contribution < -0.4 is 10.6 Å². The van der Waals surface area contributed by atoms with Gasteiger partial charge in [-0.05, 0) is 50.0 Å². The molecule has 0 radical (unpaired) electrons. The normalized spacial score (nSPS) is 19.0. The van der Waals surface area contributed by atoms with Crippen molar-refractivity contribution in [3.63, 3.8) is 0 Å². The van der Waals surface area contributed by atoms with Crippen LogP contribution in [0.4, 0.5) is 11.5 Å². The second-order valence-electron chi connectivity index (χ2n) is 8.43. The molecule has 2 aromatic heterocycles. The predicted molar refractivity (Wildman–Crippen MR) is 129 cm³/mol. The number of hydrogen-bond acceptors (Lipinski definition) is 6. The second-order valence-corrected chi connectivity index (χ2v) is 9.72. The third kappa shape index (κ3) is 5.80. The Morgan fingerprint density at radius 1 is 1.07 bits per heavy atom. The number of nitrogens with one attached hydrogen (secondary N) is 2. The average molecular weight is 446 g/mol. The molecule has 0 amide bonds. The van der Waals surface area contributed by atoms with Gasteiger partial charge in [-0.2, -0.15) is 0 Å². The molecule has 30 heavy (non-hydrogen) atoms. The lowest BCUT2D eigenvalue weighted by atomic mass is 9.95. The molecule has 7 heteroatoms. The van der Waals surface area contributed by atoms with Crippen molar-refractivity contribution in [1.82, 2.24) is 14.3 Å². The molecule has 0 aromatic carbocycles. The lowest BCUT2D eigenvalue weighted by molar-refractivity contribution is 0.302. The third-order valence-corrected chi connectivity index (χ3v) is 7.47. The van der Waals surface area contributed by atoms with Crippen molar-refractivity contribution in [2.24, 2.45) is 5.92 Å². The van der Waals surface area contributed by atoms with E-state index in [-0.39, 0.29) is 0 Å². The second kappa shape index (κ2) is 10.7. The molecule has 3 heterocycles. The summed E-state index contributed by atoms with van der Waals surface area (Å²) in [6.45, 7) is 3.34. The third-order valence-electron chi connectivity index (χ3n) is 6.29. The van der Waals surface area contributed by atoms with E-state index < -0.39 is 0 Å². The van der Waals surface area contributed by atoms with Crippen molar-refractivity contribution in [1.29, 1.82) is 0 Å². The summed E-state index contributed by atoms with van der Waals surface area (Å²) in [5.74, 6) is 1.62. The highest BCUT2D eigenvalue weighted by Crippen LogP contribution is 2.31. The zero-order valence-electron chi connectivity index (χ0n) is 17.7. The maximum absolute atomic E-state index is 6.51. The van der Waals surface area contributed by atoms with Gasteiger partial charge >= 0.3 is 0 Å². The van der Waals surface area contributed by atoms with Crippen molar-refractivity contribution < 1.29 is 0 Å². The van der Waals surface area contributed by atoms with Crippen LogP contribution in [0.25, 0.3) is 11.1 Å². The molecule has 1 aliphatic carbocycles. The summed E-state index contributed by atoms with van der Waals surface area (Å²) < 4.78 is 2.45. The Kier molecular flexibility index (Phi) is 7.74. The summed E-state index contributed by atoms with van der Waals surface area (Å²) in [6, 6.07) is 4.73. The van der Waals surface area contributed by atoms with Crippen molar-refractivity contribution >= 4 is 35.1 Å². The molecule has 1 saturated carbocycles. The summed E-state index contributed by atoms with van der Waals surface area (Å²) in [7, 11) is 0. The molecule has 5 nitrogen and oxygen atoms in total. The molecule has 0 bridgehead atoms. The van der Waals surface area contributed by atoms with E-state index in [0.717, 1.165) is 29.2 Å². The Morgan fingerprint density at radius 2 is 1.87 bits per heavy atom. The highest BCUT2D eigenvalue weighted by Gasteiger charge is 2.19. The molecule has 4 rings (SSSR count). The Labute approximate surface area is 189 Å². The molecule has 0 spiro atoms. The Hall–Kier alpha value is -1.50. The first-order chi connectivity index (χ1) is 14.7. The highest BCUT2D eigenvalue weighted by molar-refractivity contribution is 7.96. The van der Waals surface area contributed by atoms with E-state index in [0.29, 0.717) is 17.0 Å². The SMILES string of the molecule is CSN1CCC(CNc2cncc(-c3cc(NC4CCCCC4)ncc3Cl)c2)CC1. The summed E-state index contributed by atoms with van der Waals surface area (Å²) in [5.41, 5.74) is 3.06. The number of aromatic nitrogens is 2. The van der Waals surface area contributed by atoms with E-state index in [1.165, 1.54) is 58.0 Å². The maximum Gasteiger partial charge on any atom is 0.126 e. The predicted octanol–water partition coefficient (Wildman–Crippen LogP) is 5.94. The van der Waals surface area contributed by atoms with Gasteiger partial charge in [-0.15, -0.1) is 0 Å². The lowest BCUT2D eigenvalue weighted by Gasteiger charge is -2.30. The minimum atomic E-state index is 0.518. The average Bonchev–Trinajstić information content (AvgIpc) is 2.80. The minimum absolute atomic E-state index is 0.518. The van der Waals surface area contributed by atoms with Gasteiger partial charge in [0, 0.05) is 55.4 Å². The molecule has 1 saturated heterocycles. The van der Waals surface area contributed by atoms with E-state index in [2.05, 4.69) is 43.3 Å². The van der Waals surface area contributed by atoms with Crippen LogP contribution in [0.5, 0.6) is 0 Å². The van der Waals surface area contributed by atoms with Crippen molar-refractivity contribution in [3.8, 4) is 11.1 Å². The molecule has 1 aliphatic heterocycles. The first-order valence-electron chi connectivity index (χ1n) is 11.1. The molecule has 0 unspecified atom stereocenters.